The second-order valence-corrected chi connectivity index (χ2v) is 6.92. The van der Waals surface area contributed by atoms with Crippen LogP contribution in [-0.4, -0.2) is 18.1 Å². The molecule has 3 nitrogen and oxygen atoms in total. The van der Waals surface area contributed by atoms with E-state index in [0.29, 0.717) is 0 Å². The van der Waals surface area contributed by atoms with Crippen LogP contribution < -0.4 is 5.73 Å². The van der Waals surface area contributed by atoms with Crippen LogP contribution in [0.25, 0.3) is 0 Å². The van der Waals surface area contributed by atoms with Gasteiger partial charge in [0.25, 0.3) is 0 Å². The summed E-state index contributed by atoms with van der Waals surface area (Å²) in [6.07, 6.45) is 17.9. The Labute approximate surface area is 137 Å². The first-order chi connectivity index (χ1) is 10.7. The van der Waals surface area contributed by atoms with E-state index in [4.69, 9.17) is 10.5 Å². The molecule has 1 unspecified atom stereocenters. The van der Waals surface area contributed by atoms with E-state index in [1.165, 1.54) is 57.8 Å². The number of carbonyl (C=O) groups excluding carboxylic acids is 1. The molecular weight excluding hydrogens is 274 g/mol. The van der Waals surface area contributed by atoms with Crippen molar-refractivity contribution in [2.75, 3.05) is 0 Å². The summed E-state index contributed by atoms with van der Waals surface area (Å²) in [6, 6.07) is -0.423. The number of nitrogens with two attached hydrogens (primary N) is 1. The van der Waals surface area contributed by atoms with Crippen molar-refractivity contribution in [3.63, 3.8) is 0 Å². The Morgan fingerprint density at radius 2 is 1.45 bits per heavy atom. The van der Waals surface area contributed by atoms with E-state index >= 15 is 0 Å². The fourth-order valence-corrected chi connectivity index (χ4v) is 3.23. The van der Waals surface area contributed by atoms with E-state index in [9.17, 15) is 4.79 Å². The van der Waals surface area contributed by atoms with Crippen LogP contribution in [0.1, 0.15) is 103 Å². The number of hydrogen-bond donors (Lipinski definition) is 1. The molecule has 1 aliphatic rings. The molecule has 0 heterocycles. The molecule has 2 N–H and O–H groups in total. The highest BCUT2D eigenvalue weighted by Gasteiger charge is 2.20. The minimum absolute atomic E-state index is 0.101. The maximum absolute atomic E-state index is 12.1. The number of unbranched alkanes of at least 4 members (excludes halogenated alkanes) is 2. The predicted molar refractivity (Wildman–Crippen MR) is 92.8 cm³/mol. The maximum atomic E-state index is 12.1. The summed E-state index contributed by atoms with van der Waals surface area (Å²) in [4.78, 5) is 12.1. The molecule has 1 saturated carbocycles. The van der Waals surface area contributed by atoms with Crippen molar-refractivity contribution in [3.05, 3.63) is 0 Å². The van der Waals surface area contributed by atoms with Gasteiger partial charge in [0.05, 0.1) is 0 Å². The van der Waals surface area contributed by atoms with Gasteiger partial charge in [-0.3, -0.25) is 4.79 Å². The van der Waals surface area contributed by atoms with Crippen LogP contribution in [0.2, 0.25) is 0 Å². The van der Waals surface area contributed by atoms with Gasteiger partial charge >= 0.3 is 5.97 Å². The molecule has 22 heavy (non-hydrogen) atoms. The Balaban J connectivity index is 2.32. The average Bonchev–Trinajstić information content (AvgIpc) is 2.50. The minimum atomic E-state index is -0.423. The minimum Gasteiger partial charge on any atom is -0.461 e. The molecule has 1 rings (SSSR count). The Kier molecular flexibility index (Phi) is 11.4. The molecular formula is C19H37NO2. The van der Waals surface area contributed by atoms with Gasteiger partial charge in [-0.1, -0.05) is 71.1 Å². The highest BCUT2D eigenvalue weighted by molar-refractivity contribution is 5.75. The van der Waals surface area contributed by atoms with Gasteiger partial charge < -0.3 is 10.5 Å². The van der Waals surface area contributed by atoms with Gasteiger partial charge in [-0.2, -0.15) is 0 Å². The lowest BCUT2D eigenvalue weighted by Crippen LogP contribution is -2.35. The van der Waals surface area contributed by atoms with Crippen LogP contribution in [0.3, 0.4) is 0 Å². The van der Waals surface area contributed by atoms with Gasteiger partial charge in [-0.15, -0.1) is 0 Å². The molecule has 0 aliphatic heterocycles. The second-order valence-electron chi connectivity index (χ2n) is 6.92. The van der Waals surface area contributed by atoms with Crippen molar-refractivity contribution < 1.29 is 9.53 Å². The van der Waals surface area contributed by atoms with E-state index in [2.05, 4.69) is 6.92 Å². The zero-order valence-corrected chi connectivity index (χ0v) is 14.7. The van der Waals surface area contributed by atoms with Crippen molar-refractivity contribution >= 4 is 5.97 Å². The van der Waals surface area contributed by atoms with Crippen LogP contribution in [-0.2, 0) is 9.53 Å². The van der Waals surface area contributed by atoms with Crippen LogP contribution in [0, 0.1) is 0 Å². The van der Waals surface area contributed by atoms with E-state index in [1.54, 1.807) is 0 Å². The van der Waals surface area contributed by atoms with E-state index in [1.807, 2.05) is 0 Å². The lowest BCUT2D eigenvalue weighted by Gasteiger charge is -2.21. The van der Waals surface area contributed by atoms with Crippen molar-refractivity contribution in [1.82, 2.24) is 0 Å². The first kappa shape index (κ1) is 19.5. The van der Waals surface area contributed by atoms with Gasteiger partial charge in [0, 0.05) is 0 Å². The summed E-state index contributed by atoms with van der Waals surface area (Å²) < 4.78 is 5.72. The summed E-state index contributed by atoms with van der Waals surface area (Å²) in [5.41, 5.74) is 5.97. The molecule has 3 heteroatoms. The van der Waals surface area contributed by atoms with Gasteiger partial charge in [-0.05, 0) is 32.1 Å². The third-order valence-electron chi connectivity index (χ3n) is 4.76. The molecule has 1 aliphatic carbocycles. The summed E-state index contributed by atoms with van der Waals surface area (Å²) in [5, 5.41) is 0. The quantitative estimate of drug-likeness (QED) is 0.547. The molecule has 0 saturated heterocycles. The lowest BCUT2D eigenvalue weighted by molar-refractivity contribution is -0.151. The Bertz CT molecular complexity index is 269. The molecule has 0 aromatic carbocycles. The van der Waals surface area contributed by atoms with E-state index < -0.39 is 6.04 Å². The number of hydrogen-bond acceptors (Lipinski definition) is 3. The van der Waals surface area contributed by atoms with Crippen LogP contribution >= 0.6 is 0 Å². The van der Waals surface area contributed by atoms with Crippen molar-refractivity contribution in [1.29, 1.82) is 0 Å². The zero-order chi connectivity index (χ0) is 16.0. The molecule has 1 fully saturated rings. The van der Waals surface area contributed by atoms with Crippen molar-refractivity contribution in [2.45, 2.75) is 115 Å². The van der Waals surface area contributed by atoms with Gasteiger partial charge in [0.1, 0.15) is 12.1 Å². The number of ether oxygens (including phenoxy) is 1. The average molecular weight is 312 g/mol. The summed E-state index contributed by atoms with van der Waals surface area (Å²) in [7, 11) is 0. The molecule has 0 amide bonds. The largest absolute Gasteiger partial charge is 0.461 e. The van der Waals surface area contributed by atoms with Crippen molar-refractivity contribution in [2.24, 2.45) is 5.73 Å². The zero-order valence-electron chi connectivity index (χ0n) is 14.7. The normalized spacial score (nSPS) is 20.6. The molecule has 0 bridgehead atoms. The highest BCUT2D eigenvalue weighted by atomic mass is 16.5. The fourth-order valence-electron chi connectivity index (χ4n) is 3.23. The summed E-state index contributed by atoms with van der Waals surface area (Å²) in [5.74, 6) is -0.173. The molecule has 130 valence electrons. The first-order valence-electron chi connectivity index (χ1n) is 9.70. The standard InChI is InChI=1S/C19H37NO2/c1-2-3-11-16-18(20)19(21)22-17-14-12-9-7-5-4-6-8-10-13-15-17/h17-18H,2-16,20H2,1H3. The Hall–Kier alpha value is -0.570. The third-order valence-corrected chi connectivity index (χ3v) is 4.76. The molecule has 0 aromatic heterocycles. The van der Waals surface area contributed by atoms with Gasteiger partial charge in [0.15, 0.2) is 0 Å². The summed E-state index contributed by atoms with van der Waals surface area (Å²) in [6.45, 7) is 2.16. The Morgan fingerprint density at radius 3 is 1.95 bits per heavy atom. The molecule has 0 radical (unpaired) electrons. The van der Waals surface area contributed by atoms with E-state index in [-0.39, 0.29) is 12.1 Å². The van der Waals surface area contributed by atoms with Gasteiger partial charge in [-0.25, -0.2) is 0 Å². The van der Waals surface area contributed by atoms with Gasteiger partial charge in [0.2, 0.25) is 0 Å². The fraction of sp³-hybridized carbons (Fsp3) is 0.947. The van der Waals surface area contributed by atoms with E-state index in [0.717, 1.165) is 38.5 Å². The number of carbonyl (C=O) groups is 1. The van der Waals surface area contributed by atoms with Crippen LogP contribution in [0.4, 0.5) is 0 Å². The maximum Gasteiger partial charge on any atom is 0.323 e. The molecule has 0 spiro atoms. The highest BCUT2D eigenvalue weighted by Crippen LogP contribution is 2.19. The predicted octanol–water partition coefficient (Wildman–Crippen LogP) is 5.11. The third kappa shape index (κ3) is 9.45. The summed E-state index contributed by atoms with van der Waals surface area (Å²) >= 11 is 0. The van der Waals surface area contributed by atoms with Crippen molar-refractivity contribution in [3.8, 4) is 0 Å². The number of esters is 1. The topological polar surface area (TPSA) is 52.3 Å². The number of rotatable bonds is 6. The van der Waals surface area contributed by atoms with Crippen LogP contribution in [0.15, 0.2) is 0 Å². The van der Waals surface area contributed by atoms with Crippen LogP contribution in [0.5, 0.6) is 0 Å². The lowest BCUT2D eigenvalue weighted by atomic mass is 9.99. The molecule has 0 aromatic rings. The SMILES string of the molecule is CCCCCC(N)C(=O)OC1CCCCCCCCCCC1. The monoisotopic (exact) mass is 311 g/mol. The first-order valence-corrected chi connectivity index (χ1v) is 9.70. The second kappa shape index (κ2) is 12.9. The molecule has 1 atom stereocenters. The smallest absolute Gasteiger partial charge is 0.323 e. The Morgan fingerprint density at radius 1 is 0.955 bits per heavy atom.